The SMILES string of the molecule is CC(=O)NCCNS(=O)(=O)c1ccc(Br)c(N)c1. The van der Waals surface area contributed by atoms with Crippen LogP contribution in [-0.4, -0.2) is 27.4 Å². The van der Waals surface area contributed by atoms with E-state index in [9.17, 15) is 13.2 Å². The van der Waals surface area contributed by atoms with Crippen LogP contribution < -0.4 is 15.8 Å². The van der Waals surface area contributed by atoms with Gasteiger partial charge in [0.15, 0.2) is 0 Å². The highest BCUT2D eigenvalue weighted by Gasteiger charge is 2.14. The smallest absolute Gasteiger partial charge is 0.240 e. The van der Waals surface area contributed by atoms with E-state index in [1.165, 1.54) is 19.1 Å². The Morgan fingerprint density at radius 1 is 1.39 bits per heavy atom. The fourth-order valence-corrected chi connectivity index (χ4v) is 2.51. The summed E-state index contributed by atoms with van der Waals surface area (Å²) in [5.74, 6) is -0.206. The lowest BCUT2D eigenvalue weighted by Crippen LogP contribution is -2.33. The Kier molecular flexibility index (Phi) is 5.12. The lowest BCUT2D eigenvalue weighted by molar-refractivity contribution is -0.118. The zero-order valence-electron chi connectivity index (χ0n) is 9.73. The first-order valence-electron chi connectivity index (χ1n) is 5.12. The van der Waals surface area contributed by atoms with E-state index >= 15 is 0 Å². The number of nitrogens with one attached hydrogen (secondary N) is 2. The zero-order chi connectivity index (χ0) is 13.8. The van der Waals surface area contributed by atoms with Crippen molar-refractivity contribution in [3.8, 4) is 0 Å². The van der Waals surface area contributed by atoms with Gasteiger partial charge in [0.25, 0.3) is 0 Å². The van der Waals surface area contributed by atoms with Crippen LogP contribution in [0, 0.1) is 0 Å². The first kappa shape index (κ1) is 14.9. The van der Waals surface area contributed by atoms with Gasteiger partial charge in [-0.15, -0.1) is 0 Å². The van der Waals surface area contributed by atoms with E-state index in [1.54, 1.807) is 6.07 Å². The van der Waals surface area contributed by atoms with Crippen molar-refractivity contribution in [2.75, 3.05) is 18.8 Å². The van der Waals surface area contributed by atoms with Crippen LogP contribution in [0.15, 0.2) is 27.6 Å². The number of sulfonamides is 1. The third kappa shape index (κ3) is 4.28. The average Bonchev–Trinajstić information content (AvgIpc) is 2.28. The van der Waals surface area contributed by atoms with E-state index in [-0.39, 0.29) is 23.9 Å². The molecule has 0 saturated carbocycles. The molecule has 1 amide bonds. The van der Waals surface area contributed by atoms with Crippen molar-refractivity contribution >= 4 is 37.5 Å². The van der Waals surface area contributed by atoms with Crippen LogP contribution in [0.3, 0.4) is 0 Å². The molecule has 0 aliphatic heterocycles. The molecule has 0 aromatic heterocycles. The van der Waals surface area contributed by atoms with Crippen LogP contribution in [-0.2, 0) is 14.8 Å². The summed E-state index contributed by atoms with van der Waals surface area (Å²) in [6.07, 6.45) is 0. The Balaban J connectivity index is 2.68. The molecule has 0 radical (unpaired) electrons. The number of benzene rings is 1. The van der Waals surface area contributed by atoms with E-state index in [0.717, 1.165) is 0 Å². The largest absolute Gasteiger partial charge is 0.398 e. The van der Waals surface area contributed by atoms with Crippen molar-refractivity contribution in [3.05, 3.63) is 22.7 Å². The molecule has 6 nitrogen and oxygen atoms in total. The summed E-state index contributed by atoms with van der Waals surface area (Å²) in [5, 5.41) is 2.49. The monoisotopic (exact) mass is 335 g/mol. The molecule has 0 saturated heterocycles. The van der Waals surface area contributed by atoms with Crippen molar-refractivity contribution in [3.63, 3.8) is 0 Å². The number of carbonyl (C=O) groups excluding carboxylic acids is 1. The zero-order valence-corrected chi connectivity index (χ0v) is 12.1. The number of rotatable bonds is 5. The van der Waals surface area contributed by atoms with Crippen molar-refractivity contribution < 1.29 is 13.2 Å². The van der Waals surface area contributed by atoms with E-state index in [0.29, 0.717) is 10.2 Å². The molecule has 0 aliphatic carbocycles. The number of carbonyl (C=O) groups is 1. The van der Waals surface area contributed by atoms with Crippen LogP contribution in [0.25, 0.3) is 0 Å². The molecule has 4 N–H and O–H groups in total. The van der Waals surface area contributed by atoms with Gasteiger partial charge >= 0.3 is 0 Å². The molecule has 0 aliphatic rings. The van der Waals surface area contributed by atoms with Crippen LogP contribution in [0.1, 0.15) is 6.92 Å². The number of hydrogen-bond acceptors (Lipinski definition) is 4. The molecular formula is C10H14BrN3O3S. The summed E-state index contributed by atoms with van der Waals surface area (Å²) in [5.41, 5.74) is 5.96. The highest BCUT2D eigenvalue weighted by Crippen LogP contribution is 2.22. The topological polar surface area (TPSA) is 101 Å². The van der Waals surface area contributed by atoms with Gasteiger partial charge in [0.1, 0.15) is 0 Å². The molecule has 0 spiro atoms. The minimum atomic E-state index is -3.60. The maximum absolute atomic E-state index is 11.8. The standard InChI is InChI=1S/C10H14BrN3O3S/c1-7(15)13-4-5-14-18(16,17)8-2-3-9(11)10(12)6-8/h2-3,6,14H,4-5,12H2,1H3,(H,13,15). The van der Waals surface area contributed by atoms with Gasteiger partial charge in [-0.3, -0.25) is 4.79 Å². The lowest BCUT2D eigenvalue weighted by Gasteiger charge is -2.08. The lowest BCUT2D eigenvalue weighted by atomic mass is 10.3. The number of halogens is 1. The number of nitrogen functional groups attached to an aromatic ring is 1. The maximum atomic E-state index is 11.8. The first-order chi connectivity index (χ1) is 8.33. The summed E-state index contributed by atoms with van der Waals surface area (Å²) in [6.45, 7) is 1.72. The van der Waals surface area contributed by atoms with Gasteiger partial charge < -0.3 is 11.1 Å². The molecule has 100 valence electrons. The molecule has 1 aromatic rings. The quantitative estimate of drug-likeness (QED) is 0.537. The van der Waals surface area contributed by atoms with Gasteiger partial charge in [-0.05, 0) is 34.1 Å². The Bertz CT molecular complexity index is 545. The minimum Gasteiger partial charge on any atom is -0.398 e. The van der Waals surface area contributed by atoms with Crippen LogP contribution >= 0.6 is 15.9 Å². The molecule has 8 heteroatoms. The molecule has 1 rings (SSSR count). The van der Waals surface area contributed by atoms with Gasteiger partial charge in [0.05, 0.1) is 4.90 Å². The minimum absolute atomic E-state index is 0.0889. The summed E-state index contributed by atoms with van der Waals surface area (Å²) in [4.78, 5) is 10.7. The second-order valence-electron chi connectivity index (χ2n) is 3.56. The highest BCUT2D eigenvalue weighted by molar-refractivity contribution is 9.10. The molecular weight excluding hydrogens is 322 g/mol. The number of nitrogens with two attached hydrogens (primary N) is 1. The molecule has 0 unspecified atom stereocenters. The Labute approximate surface area is 114 Å². The van der Waals surface area contributed by atoms with Crippen LogP contribution in [0.4, 0.5) is 5.69 Å². The average molecular weight is 336 g/mol. The predicted molar refractivity (Wildman–Crippen MR) is 72.4 cm³/mol. The highest BCUT2D eigenvalue weighted by atomic mass is 79.9. The normalized spacial score (nSPS) is 11.2. The third-order valence-corrected chi connectivity index (χ3v) is 4.25. The fourth-order valence-electron chi connectivity index (χ4n) is 1.20. The summed E-state index contributed by atoms with van der Waals surface area (Å²) in [7, 11) is -3.60. The van der Waals surface area contributed by atoms with Crippen molar-refractivity contribution in [2.24, 2.45) is 0 Å². The second kappa shape index (κ2) is 6.17. The first-order valence-corrected chi connectivity index (χ1v) is 7.39. The maximum Gasteiger partial charge on any atom is 0.240 e. The van der Waals surface area contributed by atoms with Gasteiger partial charge in [-0.2, -0.15) is 0 Å². The van der Waals surface area contributed by atoms with Gasteiger partial charge in [0.2, 0.25) is 15.9 Å². The molecule has 0 heterocycles. The van der Waals surface area contributed by atoms with Gasteiger partial charge in [-0.25, -0.2) is 13.1 Å². The fraction of sp³-hybridized carbons (Fsp3) is 0.300. The van der Waals surface area contributed by atoms with E-state index < -0.39 is 10.0 Å². The predicted octanol–water partition coefficient (Wildman–Crippen LogP) is 0.446. The van der Waals surface area contributed by atoms with E-state index in [1.807, 2.05) is 0 Å². The third-order valence-electron chi connectivity index (χ3n) is 2.07. The van der Waals surface area contributed by atoms with Crippen LogP contribution in [0.5, 0.6) is 0 Å². The molecule has 1 aromatic carbocycles. The van der Waals surface area contributed by atoms with E-state index in [2.05, 4.69) is 26.0 Å². The molecule has 0 atom stereocenters. The van der Waals surface area contributed by atoms with Gasteiger partial charge in [0, 0.05) is 30.2 Å². The summed E-state index contributed by atoms with van der Waals surface area (Å²) < 4.78 is 26.7. The molecule has 0 fully saturated rings. The van der Waals surface area contributed by atoms with E-state index in [4.69, 9.17) is 5.73 Å². The number of amides is 1. The number of anilines is 1. The Morgan fingerprint density at radius 2 is 2.06 bits per heavy atom. The molecule has 18 heavy (non-hydrogen) atoms. The van der Waals surface area contributed by atoms with Crippen molar-refractivity contribution in [1.29, 1.82) is 0 Å². The van der Waals surface area contributed by atoms with Crippen molar-refractivity contribution in [1.82, 2.24) is 10.0 Å². The van der Waals surface area contributed by atoms with Crippen LogP contribution in [0.2, 0.25) is 0 Å². The summed E-state index contributed by atoms with van der Waals surface area (Å²) >= 11 is 3.19. The second-order valence-corrected chi connectivity index (χ2v) is 6.19. The molecule has 0 bridgehead atoms. The number of hydrogen-bond donors (Lipinski definition) is 3. The van der Waals surface area contributed by atoms with Crippen molar-refractivity contribution in [2.45, 2.75) is 11.8 Å². The van der Waals surface area contributed by atoms with Gasteiger partial charge in [-0.1, -0.05) is 0 Å². The summed E-state index contributed by atoms with van der Waals surface area (Å²) in [6, 6.07) is 4.38. The Morgan fingerprint density at radius 3 is 2.61 bits per heavy atom. The Hall–Kier alpha value is -1.12.